The Morgan fingerprint density at radius 1 is 1.25 bits per heavy atom. The zero-order chi connectivity index (χ0) is 16.9. The number of hydrogen-bond acceptors (Lipinski definition) is 2. The Kier molecular flexibility index (Phi) is 3.70. The summed E-state index contributed by atoms with van der Waals surface area (Å²) >= 11 is 0. The maximum atomic E-state index is 13.0. The average molecular weight is 329 g/mol. The van der Waals surface area contributed by atoms with Crippen LogP contribution in [0, 0.1) is 5.41 Å². The molecule has 0 unspecified atom stereocenters. The van der Waals surface area contributed by atoms with Crippen LogP contribution in [0.15, 0.2) is 18.3 Å². The van der Waals surface area contributed by atoms with Crippen LogP contribution in [0.2, 0.25) is 0 Å². The van der Waals surface area contributed by atoms with E-state index < -0.39 is 0 Å². The van der Waals surface area contributed by atoms with E-state index in [4.69, 9.17) is 0 Å². The molecule has 3 aliphatic rings. The standard InChI is InChI=1S/C19H27N3O2/c1-14(2)21-11-4-8-19(18(21)24)9-12-20(13-19)17(23)16-5-3-10-22(16)15-6-7-15/h3,5,10,14-15H,4,6-9,11-13H2,1-2H3/t19-/m1/s1. The van der Waals surface area contributed by atoms with Crippen molar-refractivity contribution < 1.29 is 9.59 Å². The fourth-order valence-electron chi connectivity index (χ4n) is 4.43. The number of nitrogens with zero attached hydrogens (tertiary/aromatic N) is 3. The first kappa shape index (κ1) is 15.7. The molecule has 1 aliphatic carbocycles. The van der Waals surface area contributed by atoms with Gasteiger partial charge in [0.25, 0.3) is 5.91 Å². The van der Waals surface area contributed by atoms with Gasteiger partial charge in [0.15, 0.2) is 0 Å². The normalized spacial score (nSPS) is 27.5. The van der Waals surface area contributed by atoms with Gasteiger partial charge in [0.1, 0.15) is 5.69 Å². The summed E-state index contributed by atoms with van der Waals surface area (Å²) in [5.41, 5.74) is 0.452. The predicted octanol–water partition coefficient (Wildman–Crippen LogP) is 2.69. The van der Waals surface area contributed by atoms with Crippen molar-refractivity contribution >= 4 is 11.8 Å². The van der Waals surface area contributed by atoms with Gasteiger partial charge in [-0.25, -0.2) is 0 Å². The average Bonchev–Trinajstić information content (AvgIpc) is 3.13. The van der Waals surface area contributed by atoms with Crippen LogP contribution in [0.4, 0.5) is 0 Å². The van der Waals surface area contributed by atoms with Crippen LogP contribution in [0.1, 0.15) is 62.5 Å². The van der Waals surface area contributed by atoms with Crippen LogP contribution in [0.25, 0.3) is 0 Å². The lowest BCUT2D eigenvalue weighted by molar-refractivity contribution is -0.147. The maximum absolute atomic E-state index is 13.0. The van der Waals surface area contributed by atoms with E-state index in [0.717, 1.165) is 31.5 Å². The van der Waals surface area contributed by atoms with Gasteiger partial charge in [-0.15, -0.1) is 0 Å². The zero-order valence-corrected chi connectivity index (χ0v) is 14.7. The van der Waals surface area contributed by atoms with Gasteiger partial charge < -0.3 is 14.4 Å². The Balaban J connectivity index is 1.52. The Hall–Kier alpha value is -1.78. The van der Waals surface area contributed by atoms with Gasteiger partial charge in [-0.1, -0.05) is 0 Å². The van der Waals surface area contributed by atoms with Crippen molar-refractivity contribution in [2.45, 2.75) is 58.0 Å². The van der Waals surface area contributed by atoms with Gasteiger partial charge in [0, 0.05) is 37.9 Å². The van der Waals surface area contributed by atoms with E-state index in [1.807, 2.05) is 28.1 Å². The third-order valence-corrected chi connectivity index (χ3v) is 5.97. The van der Waals surface area contributed by atoms with Crippen LogP contribution >= 0.6 is 0 Å². The van der Waals surface area contributed by atoms with E-state index in [1.54, 1.807) is 0 Å². The highest BCUT2D eigenvalue weighted by Crippen LogP contribution is 2.42. The fourth-order valence-corrected chi connectivity index (χ4v) is 4.43. The molecule has 0 radical (unpaired) electrons. The molecule has 5 nitrogen and oxygen atoms in total. The number of hydrogen-bond donors (Lipinski definition) is 0. The molecule has 4 rings (SSSR count). The van der Waals surface area contributed by atoms with Crippen molar-refractivity contribution in [2.24, 2.45) is 5.41 Å². The molecule has 1 aromatic heterocycles. The van der Waals surface area contributed by atoms with Crippen LogP contribution in [0.3, 0.4) is 0 Å². The zero-order valence-electron chi connectivity index (χ0n) is 14.7. The third-order valence-electron chi connectivity index (χ3n) is 5.97. The summed E-state index contributed by atoms with van der Waals surface area (Å²) in [5.74, 6) is 0.356. The Bertz CT molecular complexity index is 661. The van der Waals surface area contributed by atoms with Crippen LogP contribution < -0.4 is 0 Å². The monoisotopic (exact) mass is 329 g/mol. The molecule has 1 spiro atoms. The maximum Gasteiger partial charge on any atom is 0.270 e. The molecule has 24 heavy (non-hydrogen) atoms. The van der Waals surface area contributed by atoms with Crippen molar-refractivity contribution in [2.75, 3.05) is 19.6 Å². The number of aromatic nitrogens is 1. The second kappa shape index (κ2) is 5.64. The molecule has 5 heteroatoms. The molecule has 0 aromatic carbocycles. The molecule has 1 saturated carbocycles. The summed E-state index contributed by atoms with van der Waals surface area (Å²) in [6.07, 6.45) is 7.13. The number of amides is 2. The Morgan fingerprint density at radius 2 is 2.04 bits per heavy atom. The molecule has 0 bridgehead atoms. The minimum absolute atomic E-state index is 0.0956. The summed E-state index contributed by atoms with van der Waals surface area (Å²) in [6.45, 7) is 6.31. The predicted molar refractivity (Wildman–Crippen MR) is 91.7 cm³/mol. The van der Waals surface area contributed by atoms with Gasteiger partial charge in [-0.05, 0) is 58.1 Å². The van der Waals surface area contributed by atoms with Crippen molar-refractivity contribution in [1.82, 2.24) is 14.4 Å². The topological polar surface area (TPSA) is 45.5 Å². The second-order valence-corrected chi connectivity index (χ2v) is 7.98. The number of carbonyl (C=O) groups excluding carboxylic acids is 2. The summed E-state index contributed by atoms with van der Waals surface area (Å²) < 4.78 is 2.12. The molecular weight excluding hydrogens is 302 g/mol. The molecular formula is C19H27N3O2. The lowest BCUT2D eigenvalue weighted by Crippen LogP contribution is -2.52. The molecule has 3 heterocycles. The number of carbonyl (C=O) groups is 2. The number of rotatable bonds is 3. The molecule has 130 valence electrons. The van der Waals surface area contributed by atoms with E-state index in [1.165, 1.54) is 12.8 Å². The van der Waals surface area contributed by atoms with Crippen molar-refractivity contribution in [3.8, 4) is 0 Å². The van der Waals surface area contributed by atoms with Gasteiger partial charge >= 0.3 is 0 Å². The molecule has 1 atom stereocenters. The van der Waals surface area contributed by atoms with Gasteiger partial charge in [0.05, 0.1) is 5.41 Å². The van der Waals surface area contributed by atoms with Crippen molar-refractivity contribution in [3.05, 3.63) is 24.0 Å². The first-order valence-corrected chi connectivity index (χ1v) is 9.29. The Labute approximate surface area is 143 Å². The summed E-state index contributed by atoms with van der Waals surface area (Å²) in [7, 11) is 0. The largest absolute Gasteiger partial charge is 0.340 e. The van der Waals surface area contributed by atoms with E-state index in [2.05, 4.69) is 18.4 Å². The third kappa shape index (κ3) is 2.45. The highest BCUT2D eigenvalue weighted by Gasteiger charge is 2.50. The van der Waals surface area contributed by atoms with Gasteiger partial charge in [-0.2, -0.15) is 0 Å². The van der Waals surface area contributed by atoms with E-state index in [-0.39, 0.29) is 23.3 Å². The molecule has 3 fully saturated rings. The number of likely N-dealkylation sites (tertiary alicyclic amines) is 2. The highest BCUT2D eigenvalue weighted by molar-refractivity contribution is 5.94. The molecule has 2 aliphatic heterocycles. The second-order valence-electron chi connectivity index (χ2n) is 7.98. The molecule has 2 saturated heterocycles. The number of piperidine rings is 1. The molecule has 1 aromatic rings. The lowest BCUT2D eigenvalue weighted by Gasteiger charge is -2.41. The summed E-state index contributed by atoms with van der Waals surface area (Å²) in [6, 6.07) is 4.63. The van der Waals surface area contributed by atoms with Crippen molar-refractivity contribution in [3.63, 3.8) is 0 Å². The Morgan fingerprint density at radius 3 is 2.75 bits per heavy atom. The van der Waals surface area contributed by atoms with E-state index in [0.29, 0.717) is 19.1 Å². The first-order chi connectivity index (χ1) is 11.5. The van der Waals surface area contributed by atoms with Crippen molar-refractivity contribution in [1.29, 1.82) is 0 Å². The summed E-state index contributed by atoms with van der Waals surface area (Å²) in [5, 5.41) is 0. The van der Waals surface area contributed by atoms with E-state index in [9.17, 15) is 9.59 Å². The first-order valence-electron chi connectivity index (χ1n) is 9.29. The van der Waals surface area contributed by atoms with Crippen LogP contribution in [-0.2, 0) is 4.79 Å². The van der Waals surface area contributed by atoms with E-state index >= 15 is 0 Å². The highest BCUT2D eigenvalue weighted by atomic mass is 16.2. The van der Waals surface area contributed by atoms with Crippen LogP contribution in [-0.4, -0.2) is 51.9 Å². The lowest BCUT2D eigenvalue weighted by atomic mass is 9.78. The molecule has 2 amide bonds. The minimum atomic E-state index is -0.338. The van der Waals surface area contributed by atoms with Gasteiger partial charge in [-0.3, -0.25) is 9.59 Å². The quantitative estimate of drug-likeness (QED) is 0.856. The smallest absolute Gasteiger partial charge is 0.270 e. The summed E-state index contributed by atoms with van der Waals surface area (Å²) in [4.78, 5) is 29.9. The van der Waals surface area contributed by atoms with Gasteiger partial charge in [0.2, 0.25) is 5.91 Å². The fraction of sp³-hybridized carbons (Fsp3) is 0.684. The minimum Gasteiger partial charge on any atom is -0.340 e. The molecule has 0 N–H and O–H groups in total. The SMILES string of the molecule is CC(C)N1CCC[C@]2(CCN(C(=O)c3cccn3C3CC3)C2)C1=O. The van der Waals surface area contributed by atoms with Crippen LogP contribution in [0.5, 0.6) is 0 Å².